The number of nitrogens with zero attached hydrogens (tertiary/aromatic N) is 3. The van der Waals surface area contributed by atoms with Crippen molar-refractivity contribution < 1.29 is 24.0 Å². The largest absolute Gasteiger partial charge is 0.460 e. The quantitative estimate of drug-likeness (QED) is 0.196. The molecular weight excluding hydrogens is 438 g/mol. The molecule has 0 amide bonds. The van der Waals surface area contributed by atoms with E-state index in [1.165, 1.54) is 12.1 Å². The number of esters is 2. The summed E-state index contributed by atoms with van der Waals surface area (Å²) in [5.74, 6) is -0.928. The number of nitro benzene ring substituents is 1. The highest BCUT2D eigenvalue weighted by Crippen LogP contribution is 2.27. The van der Waals surface area contributed by atoms with Gasteiger partial charge in [-0.15, -0.1) is 0 Å². The molecular formula is C25H29N3O6. The molecule has 2 rings (SSSR count). The van der Waals surface area contributed by atoms with Crippen LogP contribution in [0.5, 0.6) is 0 Å². The van der Waals surface area contributed by atoms with Gasteiger partial charge in [0.2, 0.25) is 0 Å². The summed E-state index contributed by atoms with van der Waals surface area (Å²) in [5.41, 5.74) is 3.19. The van der Waals surface area contributed by atoms with Crippen LogP contribution in [0.25, 0.3) is 0 Å². The van der Waals surface area contributed by atoms with E-state index >= 15 is 0 Å². The fourth-order valence-electron chi connectivity index (χ4n) is 2.95. The van der Waals surface area contributed by atoms with Crippen molar-refractivity contribution in [1.29, 1.82) is 0 Å². The van der Waals surface area contributed by atoms with E-state index in [1.54, 1.807) is 26.0 Å². The van der Waals surface area contributed by atoms with E-state index in [4.69, 9.17) is 9.47 Å². The van der Waals surface area contributed by atoms with Crippen molar-refractivity contribution in [2.45, 2.75) is 13.8 Å². The molecule has 0 aliphatic carbocycles. The SMILES string of the molecule is C=C(C)C(=O)OCCN(CCOC(=O)C(=C)C)c1ccc(N(C)c2ccc([N+](=O)[O-])cc2)cc1. The molecule has 0 aliphatic heterocycles. The maximum absolute atomic E-state index is 11.7. The van der Waals surface area contributed by atoms with Gasteiger partial charge < -0.3 is 19.3 Å². The number of anilines is 3. The molecule has 0 aliphatic rings. The summed E-state index contributed by atoms with van der Waals surface area (Å²) in [6.45, 7) is 11.4. The monoisotopic (exact) mass is 467 g/mol. The number of carbonyl (C=O) groups excluding carboxylic acids is 2. The van der Waals surface area contributed by atoms with Gasteiger partial charge in [0.1, 0.15) is 13.2 Å². The van der Waals surface area contributed by atoms with Gasteiger partial charge in [0.25, 0.3) is 5.69 Å². The van der Waals surface area contributed by atoms with E-state index in [2.05, 4.69) is 13.2 Å². The number of ether oxygens (including phenoxy) is 2. The number of rotatable bonds is 12. The van der Waals surface area contributed by atoms with Crippen molar-refractivity contribution in [3.05, 3.63) is 82.9 Å². The molecule has 0 heterocycles. The molecule has 0 N–H and O–H groups in total. The van der Waals surface area contributed by atoms with E-state index in [9.17, 15) is 19.7 Å². The Labute approximate surface area is 199 Å². The van der Waals surface area contributed by atoms with E-state index < -0.39 is 16.9 Å². The van der Waals surface area contributed by atoms with Crippen LogP contribution in [0.1, 0.15) is 13.8 Å². The van der Waals surface area contributed by atoms with Crippen molar-refractivity contribution in [3.63, 3.8) is 0 Å². The Balaban J connectivity index is 2.11. The third kappa shape index (κ3) is 7.47. The van der Waals surface area contributed by atoms with Crippen LogP contribution in [0.2, 0.25) is 0 Å². The molecule has 0 unspecified atom stereocenters. The highest BCUT2D eigenvalue weighted by molar-refractivity contribution is 5.87. The maximum Gasteiger partial charge on any atom is 0.333 e. The molecule has 34 heavy (non-hydrogen) atoms. The normalized spacial score (nSPS) is 10.2. The third-order valence-electron chi connectivity index (χ3n) is 4.94. The number of nitro groups is 1. The summed E-state index contributed by atoms with van der Waals surface area (Å²) in [6, 6.07) is 13.9. The molecule has 9 nitrogen and oxygen atoms in total. The average Bonchev–Trinajstić information content (AvgIpc) is 2.82. The van der Waals surface area contributed by atoms with Crippen LogP contribution in [-0.2, 0) is 19.1 Å². The second-order valence-electron chi connectivity index (χ2n) is 7.67. The van der Waals surface area contributed by atoms with E-state index in [0.29, 0.717) is 24.2 Å². The first-order chi connectivity index (χ1) is 16.1. The maximum atomic E-state index is 11.7. The second kappa shape index (κ2) is 12.2. The standard InChI is InChI=1S/C25H29N3O6/c1-18(2)24(29)33-16-14-27(15-17-34-25(30)19(3)4)22-10-6-20(7-11-22)26(5)21-8-12-23(13-9-21)28(31)32/h6-13H,1,3,14-17H2,2,4-5H3. The fourth-order valence-corrected chi connectivity index (χ4v) is 2.95. The van der Waals surface area contributed by atoms with E-state index in [0.717, 1.165) is 17.1 Å². The third-order valence-corrected chi connectivity index (χ3v) is 4.94. The van der Waals surface area contributed by atoms with Gasteiger partial charge >= 0.3 is 11.9 Å². The first-order valence-electron chi connectivity index (χ1n) is 10.6. The molecule has 9 heteroatoms. The zero-order valence-corrected chi connectivity index (χ0v) is 19.7. The lowest BCUT2D eigenvalue weighted by Crippen LogP contribution is -2.32. The molecule has 0 saturated carbocycles. The predicted octanol–water partition coefficient (Wildman–Crippen LogP) is 4.41. The summed E-state index contributed by atoms with van der Waals surface area (Å²) in [4.78, 5) is 37.7. The Morgan fingerprint density at radius 2 is 1.21 bits per heavy atom. The average molecular weight is 468 g/mol. The number of carbonyl (C=O) groups is 2. The van der Waals surface area contributed by atoms with Gasteiger partial charge in [0, 0.05) is 47.4 Å². The van der Waals surface area contributed by atoms with Gasteiger partial charge in [-0.1, -0.05) is 13.2 Å². The van der Waals surface area contributed by atoms with Crippen molar-refractivity contribution in [2.24, 2.45) is 0 Å². The fraction of sp³-hybridized carbons (Fsp3) is 0.280. The van der Waals surface area contributed by atoms with Crippen LogP contribution in [-0.4, -0.2) is 50.2 Å². The highest BCUT2D eigenvalue weighted by atomic mass is 16.6. The minimum Gasteiger partial charge on any atom is -0.460 e. The molecule has 2 aromatic rings. The highest BCUT2D eigenvalue weighted by Gasteiger charge is 2.13. The Morgan fingerprint density at radius 3 is 1.59 bits per heavy atom. The second-order valence-corrected chi connectivity index (χ2v) is 7.67. The van der Waals surface area contributed by atoms with Gasteiger partial charge in [-0.25, -0.2) is 9.59 Å². The molecule has 0 aromatic heterocycles. The predicted molar refractivity (Wildman–Crippen MR) is 131 cm³/mol. The first-order valence-corrected chi connectivity index (χ1v) is 10.6. The summed E-state index contributed by atoms with van der Waals surface area (Å²) >= 11 is 0. The molecule has 0 fully saturated rings. The summed E-state index contributed by atoms with van der Waals surface area (Å²) in [5, 5.41) is 10.9. The first kappa shape index (κ1) is 26.1. The van der Waals surface area contributed by atoms with Crippen molar-refractivity contribution >= 4 is 34.7 Å². The van der Waals surface area contributed by atoms with Gasteiger partial charge in [0.15, 0.2) is 0 Å². The molecule has 0 atom stereocenters. The number of hydrogen-bond acceptors (Lipinski definition) is 8. The van der Waals surface area contributed by atoms with Gasteiger partial charge in [-0.2, -0.15) is 0 Å². The van der Waals surface area contributed by atoms with Crippen molar-refractivity contribution in [2.75, 3.05) is 43.2 Å². The molecule has 0 spiro atoms. The van der Waals surface area contributed by atoms with Crippen LogP contribution in [0.3, 0.4) is 0 Å². The van der Waals surface area contributed by atoms with Crippen LogP contribution >= 0.6 is 0 Å². The van der Waals surface area contributed by atoms with Crippen LogP contribution in [0.4, 0.5) is 22.7 Å². The molecule has 180 valence electrons. The Bertz CT molecular complexity index is 1020. The summed E-state index contributed by atoms with van der Waals surface area (Å²) < 4.78 is 10.4. The lowest BCUT2D eigenvalue weighted by molar-refractivity contribution is -0.384. The van der Waals surface area contributed by atoms with Gasteiger partial charge in [-0.3, -0.25) is 10.1 Å². The summed E-state index contributed by atoms with van der Waals surface area (Å²) in [6.07, 6.45) is 0. The van der Waals surface area contributed by atoms with Crippen LogP contribution < -0.4 is 9.80 Å². The van der Waals surface area contributed by atoms with E-state index in [-0.39, 0.29) is 18.9 Å². The topological polar surface area (TPSA) is 102 Å². The lowest BCUT2D eigenvalue weighted by atomic mass is 10.2. The molecule has 0 bridgehead atoms. The smallest absolute Gasteiger partial charge is 0.333 e. The van der Waals surface area contributed by atoms with Crippen LogP contribution in [0, 0.1) is 10.1 Å². The van der Waals surface area contributed by atoms with Crippen LogP contribution in [0.15, 0.2) is 72.8 Å². The minimum atomic E-state index is -0.464. The van der Waals surface area contributed by atoms with Crippen molar-refractivity contribution in [3.8, 4) is 0 Å². The number of hydrogen-bond donors (Lipinski definition) is 0. The Kier molecular flexibility index (Phi) is 9.37. The Morgan fingerprint density at radius 1 is 0.824 bits per heavy atom. The zero-order chi connectivity index (χ0) is 25.3. The summed E-state index contributed by atoms with van der Waals surface area (Å²) in [7, 11) is 1.86. The minimum absolute atomic E-state index is 0.0304. The molecule has 2 aromatic carbocycles. The number of non-ortho nitro benzene ring substituents is 1. The van der Waals surface area contributed by atoms with Gasteiger partial charge in [-0.05, 0) is 50.2 Å². The molecule has 0 saturated heterocycles. The Hall–Kier alpha value is -4.14. The van der Waals surface area contributed by atoms with Crippen molar-refractivity contribution in [1.82, 2.24) is 0 Å². The molecule has 0 radical (unpaired) electrons. The van der Waals surface area contributed by atoms with E-state index in [1.807, 2.05) is 41.1 Å². The van der Waals surface area contributed by atoms with Gasteiger partial charge in [0.05, 0.1) is 18.0 Å². The zero-order valence-electron chi connectivity index (χ0n) is 19.7. The lowest BCUT2D eigenvalue weighted by Gasteiger charge is -2.26. The number of benzene rings is 2.